The monoisotopic (exact) mass is 326 g/mol. The van der Waals surface area contributed by atoms with Gasteiger partial charge in [-0.15, -0.1) is 11.3 Å². The lowest BCUT2D eigenvalue weighted by atomic mass is 10.1. The molecule has 0 aromatic carbocycles. The van der Waals surface area contributed by atoms with Crippen molar-refractivity contribution in [3.05, 3.63) is 22.4 Å². The molecule has 6 nitrogen and oxygen atoms in total. The molecule has 2 heterocycles. The molecule has 122 valence electrons. The van der Waals surface area contributed by atoms with Crippen LogP contribution in [-0.4, -0.2) is 40.3 Å². The molecule has 1 saturated heterocycles. The normalized spacial score (nSPS) is 24.2. The molecular formula is C15H22N2O4S. The van der Waals surface area contributed by atoms with Crippen LogP contribution in [0.5, 0.6) is 0 Å². The molecule has 7 heteroatoms. The number of carboxylic acid groups (broad SMARTS) is 1. The van der Waals surface area contributed by atoms with Gasteiger partial charge in [-0.1, -0.05) is 6.07 Å². The van der Waals surface area contributed by atoms with Crippen LogP contribution in [0.2, 0.25) is 0 Å². The third kappa shape index (κ3) is 3.66. The summed E-state index contributed by atoms with van der Waals surface area (Å²) in [7, 11) is 0. The number of ether oxygens (including phenoxy) is 1. The second kappa shape index (κ2) is 6.36. The Bertz CT molecular complexity index is 538. The van der Waals surface area contributed by atoms with E-state index in [1.807, 2.05) is 11.4 Å². The molecule has 0 amide bonds. The minimum absolute atomic E-state index is 0.363. The van der Waals surface area contributed by atoms with Crippen molar-refractivity contribution in [1.82, 2.24) is 4.90 Å². The number of thiophene rings is 1. The van der Waals surface area contributed by atoms with E-state index in [2.05, 4.69) is 0 Å². The Balaban J connectivity index is 2.14. The molecule has 22 heavy (non-hydrogen) atoms. The zero-order valence-electron chi connectivity index (χ0n) is 13.0. The van der Waals surface area contributed by atoms with Gasteiger partial charge in [0.2, 0.25) is 0 Å². The highest BCUT2D eigenvalue weighted by Crippen LogP contribution is 2.34. The summed E-state index contributed by atoms with van der Waals surface area (Å²) in [5.41, 5.74) is 5.57. The summed E-state index contributed by atoms with van der Waals surface area (Å²) in [6.45, 7) is 5.86. The van der Waals surface area contributed by atoms with Gasteiger partial charge < -0.3 is 15.6 Å². The maximum atomic E-state index is 12.2. The Morgan fingerprint density at radius 2 is 2.18 bits per heavy atom. The van der Waals surface area contributed by atoms with E-state index < -0.39 is 29.7 Å². The van der Waals surface area contributed by atoms with E-state index >= 15 is 0 Å². The maximum absolute atomic E-state index is 12.2. The molecule has 3 unspecified atom stereocenters. The standard InChI is InChI=1S/C15H22N2O4S/c1-15(2,3)21-14(20)9-6-7-17(12(9)16)11(13(18)19)10-5-4-8-22-10/h4-5,8-9,11-12H,6-7,16H2,1-3H3,(H,18,19). The highest BCUT2D eigenvalue weighted by Gasteiger charge is 2.44. The van der Waals surface area contributed by atoms with Crippen LogP contribution in [0, 0.1) is 5.92 Å². The van der Waals surface area contributed by atoms with Crippen molar-refractivity contribution >= 4 is 23.3 Å². The van der Waals surface area contributed by atoms with Gasteiger partial charge in [0.15, 0.2) is 0 Å². The van der Waals surface area contributed by atoms with Gasteiger partial charge in [0.1, 0.15) is 11.6 Å². The van der Waals surface area contributed by atoms with E-state index in [0.717, 1.165) is 0 Å². The first-order valence-electron chi connectivity index (χ1n) is 7.21. The molecule has 0 radical (unpaired) electrons. The van der Waals surface area contributed by atoms with E-state index in [-0.39, 0.29) is 5.97 Å². The zero-order valence-corrected chi connectivity index (χ0v) is 13.8. The minimum Gasteiger partial charge on any atom is -0.480 e. The zero-order chi connectivity index (χ0) is 16.5. The fourth-order valence-electron chi connectivity index (χ4n) is 2.65. The van der Waals surface area contributed by atoms with Crippen molar-refractivity contribution in [3.63, 3.8) is 0 Å². The summed E-state index contributed by atoms with van der Waals surface area (Å²) in [6.07, 6.45) is -0.149. The van der Waals surface area contributed by atoms with E-state index in [1.165, 1.54) is 11.3 Å². The molecule has 3 atom stereocenters. The summed E-state index contributed by atoms with van der Waals surface area (Å²) >= 11 is 1.37. The van der Waals surface area contributed by atoms with E-state index in [9.17, 15) is 14.7 Å². The lowest BCUT2D eigenvalue weighted by Crippen LogP contribution is -2.47. The fourth-order valence-corrected chi connectivity index (χ4v) is 3.49. The van der Waals surface area contributed by atoms with Gasteiger partial charge in [0.25, 0.3) is 0 Å². The Labute approximate surface area is 133 Å². The molecule has 0 saturated carbocycles. The van der Waals surface area contributed by atoms with Crippen molar-refractivity contribution in [2.24, 2.45) is 11.7 Å². The Morgan fingerprint density at radius 3 is 2.68 bits per heavy atom. The Kier molecular flexibility index (Phi) is 4.89. The first-order chi connectivity index (χ1) is 10.2. The number of rotatable bonds is 4. The average Bonchev–Trinajstić information content (AvgIpc) is 2.99. The van der Waals surface area contributed by atoms with Crippen molar-refractivity contribution < 1.29 is 19.4 Å². The van der Waals surface area contributed by atoms with Crippen LogP contribution in [-0.2, 0) is 14.3 Å². The number of hydrogen-bond donors (Lipinski definition) is 2. The summed E-state index contributed by atoms with van der Waals surface area (Å²) in [4.78, 5) is 26.2. The summed E-state index contributed by atoms with van der Waals surface area (Å²) in [5, 5.41) is 11.4. The topological polar surface area (TPSA) is 92.9 Å². The van der Waals surface area contributed by atoms with Crippen molar-refractivity contribution in [1.29, 1.82) is 0 Å². The Hall–Kier alpha value is -1.44. The minimum atomic E-state index is -0.956. The van der Waals surface area contributed by atoms with Gasteiger partial charge in [-0.05, 0) is 38.6 Å². The van der Waals surface area contributed by atoms with Crippen LogP contribution in [0.1, 0.15) is 38.1 Å². The van der Waals surface area contributed by atoms with Crippen LogP contribution in [0.25, 0.3) is 0 Å². The van der Waals surface area contributed by atoms with Gasteiger partial charge in [0.05, 0.1) is 12.1 Å². The third-order valence-corrected chi connectivity index (χ3v) is 4.51. The van der Waals surface area contributed by atoms with Crippen molar-refractivity contribution in [3.8, 4) is 0 Å². The second-order valence-corrected chi connectivity index (χ2v) is 7.39. The van der Waals surface area contributed by atoms with Gasteiger partial charge in [-0.25, -0.2) is 0 Å². The van der Waals surface area contributed by atoms with E-state index in [1.54, 1.807) is 31.7 Å². The van der Waals surface area contributed by atoms with Crippen molar-refractivity contribution in [2.75, 3.05) is 6.54 Å². The Morgan fingerprint density at radius 1 is 1.50 bits per heavy atom. The molecule has 1 aliphatic rings. The van der Waals surface area contributed by atoms with Gasteiger partial charge >= 0.3 is 11.9 Å². The number of nitrogens with zero attached hydrogens (tertiary/aromatic N) is 1. The molecule has 1 fully saturated rings. The lowest BCUT2D eigenvalue weighted by molar-refractivity contribution is -0.161. The first kappa shape index (κ1) is 16.9. The molecular weight excluding hydrogens is 304 g/mol. The predicted molar refractivity (Wildman–Crippen MR) is 83.3 cm³/mol. The largest absolute Gasteiger partial charge is 0.480 e. The van der Waals surface area contributed by atoms with Crippen LogP contribution in [0.15, 0.2) is 17.5 Å². The lowest BCUT2D eigenvalue weighted by Gasteiger charge is -2.29. The molecule has 0 spiro atoms. The molecule has 0 aliphatic carbocycles. The van der Waals surface area contributed by atoms with Crippen LogP contribution < -0.4 is 5.73 Å². The highest BCUT2D eigenvalue weighted by atomic mass is 32.1. The molecule has 1 aromatic rings. The van der Waals surface area contributed by atoms with Crippen LogP contribution in [0.4, 0.5) is 0 Å². The number of hydrogen-bond acceptors (Lipinski definition) is 6. The number of esters is 1. The highest BCUT2D eigenvalue weighted by molar-refractivity contribution is 7.10. The molecule has 3 N–H and O–H groups in total. The van der Waals surface area contributed by atoms with Gasteiger partial charge in [-0.2, -0.15) is 0 Å². The smallest absolute Gasteiger partial charge is 0.326 e. The first-order valence-corrected chi connectivity index (χ1v) is 8.09. The van der Waals surface area contributed by atoms with Crippen LogP contribution >= 0.6 is 11.3 Å². The molecule has 0 bridgehead atoms. The summed E-state index contributed by atoms with van der Waals surface area (Å²) in [5.74, 6) is -1.82. The van der Waals surface area contributed by atoms with Gasteiger partial charge in [0, 0.05) is 11.4 Å². The number of aliphatic carboxylic acids is 1. The number of carbonyl (C=O) groups excluding carboxylic acids is 1. The van der Waals surface area contributed by atoms with Crippen molar-refractivity contribution in [2.45, 2.75) is 45.0 Å². The summed E-state index contributed by atoms with van der Waals surface area (Å²) in [6, 6.07) is 2.77. The summed E-state index contributed by atoms with van der Waals surface area (Å²) < 4.78 is 5.38. The molecule has 1 aromatic heterocycles. The average molecular weight is 326 g/mol. The number of carbonyl (C=O) groups is 2. The van der Waals surface area contributed by atoms with Gasteiger partial charge in [-0.3, -0.25) is 14.5 Å². The predicted octanol–water partition coefficient (Wildman–Crippen LogP) is 1.82. The van der Waals surface area contributed by atoms with E-state index in [4.69, 9.17) is 10.5 Å². The maximum Gasteiger partial charge on any atom is 0.326 e. The second-order valence-electron chi connectivity index (χ2n) is 6.41. The number of carboxylic acids is 1. The molecule has 1 aliphatic heterocycles. The quantitative estimate of drug-likeness (QED) is 0.820. The SMILES string of the molecule is CC(C)(C)OC(=O)C1CCN(C(C(=O)O)c2cccs2)C1N. The van der Waals surface area contributed by atoms with E-state index in [0.29, 0.717) is 17.8 Å². The molecule has 2 rings (SSSR count). The third-order valence-electron chi connectivity index (χ3n) is 3.58. The fraction of sp³-hybridized carbons (Fsp3) is 0.600. The number of likely N-dealkylation sites (tertiary alicyclic amines) is 1. The van der Waals surface area contributed by atoms with Crippen LogP contribution in [0.3, 0.4) is 0 Å². The number of nitrogens with two attached hydrogens (primary N) is 1.